The average molecular weight is 439 g/mol. The Morgan fingerprint density at radius 3 is 1.31 bits per heavy atom. The minimum absolute atomic E-state index is 0.141. The van der Waals surface area contributed by atoms with Crippen LogP contribution in [-0.2, 0) is 41.8 Å². The molecule has 170 valence electrons. The van der Waals surface area contributed by atoms with Crippen molar-refractivity contribution in [2.45, 2.75) is 37.6 Å². The summed E-state index contributed by atoms with van der Waals surface area (Å²) in [6.07, 6.45) is 0.621. The van der Waals surface area contributed by atoms with E-state index in [0.29, 0.717) is 12.6 Å². The SMILES string of the molecule is C=CCO[C@@H]([C@H](OCC=C)[C@H](C=O)OCc1ccccc1)[C@H](C=O)OCc1ccccc1. The van der Waals surface area contributed by atoms with Crippen LogP contribution in [0.2, 0.25) is 0 Å². The van der Waals surface area contributed by atoms with Gasteiger partial charge in [0.15, 0.2) is 12.6 Å². The van der Waals surface area contributed by atoms with Gasteiger partial charge in [-0.05, 0) is 11.1 Å². The van der Waals surface area contributed by atoms with Gasteiger partial charge in [0.1, 0.15) is 24.4 Å². The first-order chi connectivity index (χ1) is 15.7. The summed E-state index contributed by atoms with van der Waals surface area (Å²) in [6, 6.07) is 18.9. The predicted molar refractivity (Wildman–Crippen MR) is 122 cm³/mol. The Labute approximate surface area is 189 Å². The number of benzene rings is 2. The third-order valence-electron chi connectivity index (χ3n) is 4.62. The van der Waals surface area contributed by atoms with E-state index in [2.05, 4.69) is 13.2 Å². The zero-order chi connectivity index (χ0) is 23.0. The van der Waals surface area contributed by atoms with Crippen LogP contribution in [0.15, 0.2) is 86.0 Å². The minimum atomic E-state index is -0.993. The van der Waals surface area contributed by atoms with Gasteiger partial charge in [0, 0.05) is 0 Å². The highest BCUT2D eigenvalue weighted by Gasteiger charge is 2.38. The van der Waals surface area contributed by atoms with E-state index in [0.717, 1.165) is 11.1 Å². The summed E-state index contributed by atoms with van der Waals surface area (Å²) in [4.78, 5) is 23.9. The van der Waals surface area contributed by atoms with Gasteiger partial charge in [0.2, 0.25) is 0 Å². The van der Waals surface area contributed by atoms with Gasteiger partial charge in [-0.1, -0.05) is 72.8 Å². The summed E-state index contributed by atoms with van der Waals surface area (Å²) >= 11 is 0. The maximum atomic E-state index is 12.0. The lowest BCUT2D eigenvalue weighted by atomic mass is 10.0. The predicted octanol–water partition coefficient (Wildman–Crippen LogP) is 3.70. The number of carbonyl (C=O) groups excluding carboxylic acids is 2. The molecule has 32 heavy (non-hydrogen) atoms. The highest BCUT2D eigenvalue weighted by Crippen LogP contribution is 2.19. The average Bonchev–Trinajstić information content (AvgIpc) is 2.85. The summed E-state index contributed by atoms with van der Waals surface area (Å²) in [6.45, 7) is 8.00. The summed E-state index contributed by atoms with van der Waals surface area (Å²) < 4.78 is 23.4. The molecule has 0 saturated carbocycles. The maximum absolute atomic E-state index is 12.0. The smallest absolute Gasteiger partial charge is 0.151 e. The van der Waals surface area contributed by atoms with E-state index in [1.807, 2.05) is 60.7 Å². The fraction of sp³-hybridized carbons (Fsp3) is 0.308. The highest BCUT2D eigenvalue weighted by molar-refractivity contribution is 5.60. The summed E-state index contributed by atoms with van der Waals surface area (Å²) in [7, 11) is 0. The van der Waals surface area contributed by atoms with Crippen molar-refractivity contribution in [1.82, 2.24) is 0 Å². The lowest BCUT2D eigenvalue weighted by Gasteiger charge is -2.33. The van der Waals surface area contributed by atoms with Crippen molar-refractivity contribution in [3.63, 3.8) is 0 Å². The van der Waals surface area contributed by atoms with Gasteiger partial charge in [0.25, 0.3) is 0 Å². The molecule has 0 bridgehead atoms. The van der Waals surface area contributed by atoms with E-state index in [4.69, 9.17) is 18.9 Å². The topological polar surface area (TPSA) is 71.1 Å². The van der Waals surface area contributed by atoms with Crippen LogP contribution in [0.5, 0.6) is 0 Å². The van der Waals surface area contributed by atoms with E-state index < -0.39 is 24.4 Å². The number of aldehydes is 2. The molecule has 0 aliphatic carbocycles. The molecule has 0 spiro atoms. The molecule has 2 aromatic carbocycles. The number of ether oxygens (including phenoxy) is 4. The molecule has 2 rings (SSSR count). The number of hydrogen-bond donors (Lipinski definition) is 0. The molecule has 0 N–H and O–H groups in total. The first kappa shape index (κ1) is 25.4. The molecular weight excluding hydrogens is 408 g/mol. The zero-order valence-electron chi connectivity index (χ0n) is 18.1. The molecule has 0 unspecified atom stereocenters. The Bertz CT molecular complexity index is 738. The zero-order valence-corrected chi connectivity index (χ0v) is 18.1. The molecule has 0 aliphatic heterocycles. The van der Waals surface area contributed by atoms with Crippen LogP contribution in [0.3, 0.4) is 0 Å². The monoisotopic (exact) mass is 438 g/mol. The largest absolute Gasteiger partial charge is 0.368 e. The quantitative estimate of drug-likeness (QED) is 0.277. The van der Waals surface area contributed by atoms with Crippen LogP contribution in [0, 0.1) is 0 Å². The minimum Gasteiger partial charge on any atom is -0.368 e. The van der Waals surface area contributed by atoms with Crippen molar-refractivity contribution in [2.75, 3.05) is 13.2 Å². The second kappa shape index (κ2) is 15.0. The maximum Gasteiger partial charge on any atom is 0.151 e. The van der Waals surface area contributed by atoms with E-state index in [1.165, 1.54) is 0 Å². The van der Waals surface area contributed by atoms with E-state index in [-0.39, 0.29) is 26.4 Å². The van der Waals surface area contributed by atoms with Crippen molar-refractivity contribution in [2.24, 2.45) is 0 Å². The van der Waals surface area contributed by atoms with Crippen molar-refractivity contribution >= 4 is 12.6 Å². The van der Waals surface area contributed by atoms with Crippen molar-refractivity contribution < 1.29 is 28.5 Å². The second-order valence-electron chi connectivity index (χ2n) is 6.97. The Balaban J connectivity index is 2.20. The van der Waals surface area contributed by atoms with Gasteiger partial charge in [-0.15, -0.1) is 13.2 Å². The summed E-state index contributed by atoms with van der Waals surface area (Å²) in [5.74, 6) is 0. The third-order valence-corrected chi connectivity index (χ3v) is 4.62. The molecule has 0 aromatic heterocycles. The van der Waals surface area contributed by atoms with Gasteiger partial charge in [-0.25, -0.2) is 0 Å². The van der Waals surface area contributed by atoms with Crippen molar-refractivity contribution in [3.8, 4) is 0 Å². The molecule has 2 aromatic rings. The molecule has 0 saturated heterocycles. The second-order valence-corrected chi connectivity index (χ2v) is 6.97. The van der Waals surface area contributed by atoms with Crippen LogP contribution in [-0.4, -0.2) is 50.2 Å². The number of rotatable bonds is 17. The lowest BCUT2D eigenvalue weighted by molar-refractivity contribution is -0.176. The highest BCUT2D eigenvalue weighted by atomic mass is 16.6. The van der Waals surface area contributed by atoms with Gasteiger partial charge >= 0.3 is 0 Å². The van der Waals surface area contributed by atoms with Crippen molar-refractivity contribution in [1.29, 1.82) is 0 Å². The molecule has 0 radical (unpaired) electrons. The standard InChI is InChI=1S/C26H30O6/c1-3-15-29-25(23(17-27)31-19-21-11-7-5-8-12-21)26(30-16-4-2)24(18-28)32-20-22-13-9-6-10-14-22/h3-14,17-18,23-26H,1-2,15-16,19-20H2/t23-,24-,25+,26+/m0/s1. The number of hydrogen-bond acceptors (Lipinski definition) is 6. The first-order valence-electron chi connectivity index (χ1n) is 10.4. The molecular formula is C26H30O6. The summed E-state index contributed by atoms with van der Waals surface area (Å²) in [5.41, 5.74) is 1.80. The van der Waals surface area contributed by atoms with Crippen LogP contribution in [0.25, 0.3) is 0 Å². The molecule has 6 heteroatoms. The van der Waals surface area contributed by atoms with Crippen molar-refractivity contribution in [3.05, 3.63) is 97.1 Å². The molecule has 0 heterocycles. The van der Waals surface area contributed by atoms with E-state index in [9.17, 15) is 9.59 Å². The molecule has 0 amide bonds. The normalized spacial score (nSPS) is 14.6. The number of carbonyl (C=O) groups is 2. The van der Waals surface area contributed by atoms with E-state index in [1.54, 1.807) is 12.2 Å². The molecule has 6 nitrogen and oxygen atoms in total. The van der Waals surface area contributed by atoms with Gasteiger partial charge in [-0.2, -0.15) is 0 Å². The Kier molecular flexibility index (Phi) is 11.9. The Morgan fingerprint density at radius 2 is 1.00 bits per heavy atom. The lowest BCUT2D eigenvalue weighted by Crippen LogP contribution is -2.50. The first-order valence-corrected chi connectivity index (χ1v) is 10.4. The Hall–Kier alpha value is -2.90. The molecule has 4 atom stereocenters. The van der Waals surface area contributed by atoms with E-state index >= 15 is 0 Å². The van der Waals surface area contributed by atoms with Crippen LogP contribution < -0.4 is 0 Å². The van der Waals surface area contributed by atoms with Crippen LogP contribution in [0.4, 0.5) is 0 Å². The van der Waals surface area contributed by atoms with Crippen LogP contribution >= 0.6 is 0 Å². The van der Waals surface area contributed by atoms with Gasteiger partial charge < -0.3 is 28.5 Å². The van der Waals surface area contributed by atoms with Gasteiger partial charge in [-0.3, -0.25) is 0 Å². The van der Waals surface area contributed by atoms with Gasteiger partial charge in [0.05, 0.1) is 26.4 Å². The molecule has 0 fully saturated rings. The fourth-order valence-electron chi connectivity index (χ4n) is 3.07. The van der Waals surface area contributed by atoms with Crippen LogP contribution in [0.1, 0.15) is 11.1 Å². The summed E-state index contributed by atoms with van der Waals surface area (Å²) in [5, 5.41) is 0. The fourth-order valence-corrected chi connectivity index (χ4v) is 3.07. The third kappa shape index (κ3) is 8.32. The molecule has 0 aliphatic rings. The Morgan fingerprint density at radius 1 is 0.625 bits per heavy atom.